The molecule has 0 saturated carbocycles. The summed E-state index contributed by atoms with van der Waals surface area (Å²) in [5.74, 6) is 1.33. The summed E-state index contributed by atoms with van der Waals surface area (Å²) >= 11 is 0. The minimum atomic E-state index is 0.419. The van der Waals surface area contributed by atoms with Crippen LogP contribution in [-0.4, -0.2) is 20.7 Å². The first kappa shape index (κ1) is 15.6. The molecule has 0 fully saturated rings. The van der Waals surface area contributed by atoms with Gasteiger partial charge >= 0.3 is 0 Å². The highest BCUT2D eigenvalue weighted by Crippen LogP contribution is 2.30. The highest BCUT2D eigenvalue weighted by molar-refractivity contribution is 5.39. The second-order valence-corrected chi connectivity index (χ2v) is 5.56. The Bertz CT molecular complexity index is 575. The Morgan fingerprint density at radius 2 is 1.62 bits per heavy atom. The zero-order valence-electron chi connectivity index (χ0n) is 13.4. The molecule has 21 heavy (non-hydrogen) atoms. The SMILES string of the molecule is CNCCC(c1ccc(OC)cc1)c1ccc(C)c(C)c1. The van der Waals surface area contributed by atoms with E-state index >= 15 is 0 Å². The third-order valence-corrected chi connectivity index (χ3v) is 4.13. The predicted octanol–water partition coefficient (Wildman–Crippen LogP) is 4.05. The molecule has 0 bridgehead atoms. The number of hydrogen-bond donors (Lipinski definition) is 1. The standard InChI is InChI=1S/C19H25NO/c1-14-5-6-17(13-15(14)2)19(11-12-20-3)16-7-9-18(21-4)10-8-16/h5-10,13,19-20H,11-12H2,1-4H3. The fourth-order valence-electron chi connectivity index (χ4n) is 2.63. The van der Waals surface area contributed by atoms with Crippen molar-refractivity contribution in [1.29, 1.82) is 0 Å². The molecule has 0 radical (unpaired) electrons. The molecule has 1 N–H and O–H groups in total. The Balaban J connectivity index is 2.33. The van der Waals surface area contributed by atoms with Crippen molar-refractivity contribution in [3.8, 4) is 5.75 Å². The summed E-state index contributed by atoms with van der Waals surface area (Å²) in [6.45, 7) is 5.35. The van der Waals surface area contributed by atoms with Crippen molar-refractivity contribution >= 4 is 0 Å². The monoisotopic (exact) mass is 283 g/mol. The number of nitrogens with one attached hydrogen (secondary N) is 1. The molecule has 0 amide bonds. The van der Waals surface area contributed by atoms with Crippen LogP contribution < -0.4 is 10.1 Å². The van der Waals surface area contributed by atoms with Crippen LogP contribution in [0.3, 0.4) is 0 Å². The van der Waals surface area contributed by atoms with Crippen LogP contribution in [0.5, 0.6) is 5.75 Å². The van der Waals surface area contributed by atoms with Gasteiger partial charge in [0.05, 0.1) is 7.11 Å². The quantitative estimate of drug-likeness (QED) is 0.863. The van der Waals surface area contributed by atoms with Crippen LogP contribution in [0.1, 0.15) is 34.6 Å². The van der Waals surface area contributed by atoms with Gasteiger partial charge in [-0.15, -0.1) is 0 Å². The van der Waals surface area contributed by atoms with Crippen LogP contribution in [-0.2, 0) is 0 Å². The molecule has 0 heterocycles. The molecule has 2 aromatic carbocycles. The third-order valence-electron chi connectivity index (χ3n) is 4.13. The summed E-state index contributed by atoms with van der Waals surface area (Å²) in [6, 6.07) is 15.2. The summed E-state index contributed by atoms with van der Waals surface area (Å²) in [5.41, 5.74) is 5.43. The molecule has 2 aromatic rings. The largest absolute Gasteiger partial charge is 0.497 e. The van der Waals surface area contributed by atoms with Crippen molar-refractivity contribution in [1.82, 2.24) is 5.32 Å². The van der Waals surface area contributed by atoms with Crippen molar-refractivity contribution in [2.75, 3.05) is 20.7 Å². The number of rotatable bonds is 6. The van der Waals surface area contributed by atoms with Gasteiger partial charge in [-0.25, -0.2) is 0 Å². The summed E-state index contributed by atoms with van der Waals surface area (Å²) in [4.78, 5) is 0. The van der Waals surface area contributed by atoms with Crippen molar-refractivity contribution in [2.45, 2.75) is 26.2 Å². The Labute approximate surface area is 128 Å². The van der Waals surface area contributed by atoms with Gasteiger partial charge in [0, 0.05) is 5.92 Å². The zero-order chi connectivity index (χ0) is 15.2. The average molecular weight is 283 g/mol. The first-order valence-corrected chi connectivity index (χ1v) is 7.51. The second kappa shape index (κ2) is 7.28. The molecule has 0 spiro atoms. The van der Waals surface area contributed by atoms with E-state index in [1.165, 1.54) is 22.3 Å². The number of benzene rings is 2. The van der Waals surface area contributed by atoms with Crippen molar-refractivity contribution < 1.29 is 4.74 Å². The second-order valence-electron chi connectivity index (χ2n) is 5.56. The predicted molar refractivity (Wildman–Crippen MR) is 89.3 cm³/mol. The average Bonchev–Trinajstić information content (AvgIpc) is 2.51. The van der Waals surface area contributed by atoms with Gasteiger partial charge in [-0.1, -0.05) is 30.3 Å². The molecule has 0 aliphatic rings. The van der Waals surface area contributed by atoms with Crippen LogP contribution in [0.15, 0.2) is 42.5 Å². The Morgan fingerprint density at radius 3 is 2.19 bits per heavy atom. The molecule has 0 saturated heterocycles. The van der Waals surface area contributed by atoms with Crippen molar-refractivity contribution in [3.63, 3.8) is 0 Å². The molecule has 0 aliphatic heterocycles. The van der Waals surface area contributed by atoms with Gasteiger partial charge in [-0.05, 0) is 68.2 Å². The number of aryl methyl sites for hydroxylation is 2. The zero-order valence-corrected chi connectivity index (χ0v) is 13.4. The van der Waals surface area contributed by atoms with Crippen LogP contribution in [0.25, 0.3) is 0 Å². The van der Waals surface area contributed by atoms with Gasteiger partial charge in [0.2, 0.25) is 0 Å². The maximum absolute atomic E-state index is 5.26. The summed E-state index contributed by atoms with van der Waals surface area (Å²) < 4.78 is 5.26. The highest BCUT2D eigenvalue weighted by Gasteiger charge is 2.14. The summed E-state index contributed by atoms with van der Waals surface area (Å²) in [5, 5.41) is 3.26. The summed E-state index contributed by atoms with van der Waals surface area (Å²) in [7, 11) is 3.71. The molecule has 2 nitrogen and oxygen atoms in total. The van der Waals surface area contributed by atoms with Crippen molar-refractivity contribution in [2.24, 2.45) is 0 Å². The minimum Gasteiger partial charge on any atom is -0.497 e. The maximum atomic E-state index is 5.26. The summed E-state index contributed by atoms with van der Waals surface area (Å²) in [6.07, 6.45) is 1.09. The number of methoxy groups -OCH3 is 1. The van der Waals surface area contributed by atoms with E-state index in [2.05, 4.69) is 49.5 Å². The van der Waals surface area contributed by atoms with Gasteiger partial charge in [0.25, 0.3) is 0 Å². The topological polar surface area (TPSA) is 21.3 Å². The molecule has 1 unspecified atom stereocenters. The molecule has 0 aliphatic carbocycles. The molecule has 2 heteroatoms. The van der Waals surface area contributed by atoms with Gasteiger partial charge in [0.15, 0.2) is 0 Å². The lowest BCUT2D eigenvalue weighted by molar-refractivity contribution is 0.414. The molecule has 1 atom stereocenters. The molecular formula is C19H25NO. The van der Waals surface area contributed by atoms with Crippen LogP contribution in [0, 0.1) is 13.8 Å². The van der Waals surface area contributed by atoms with E-state index in [-0.39, 0.29) is 0 Å². The number of ether oxygens (including phenoxy) is 1. The Kier molecular flexibility index (Phi) is 5.40. The van der Waals surface area contributed by atoms with E-state index in [0.717, 1.165) is 18.7 Å². The van der Waals surface area contributed by atoms with Crippen LogP contribution >= 0.6 is 0 Å². The number of hydrogen-bond acceptors (Lipinski definition) is 2. The third kappa shape index (κ3) is 3.85. The normalized spacial score (nSPS) is 12.2. The molecule has 112 valence electrons. The van der Waals surface area contributed by atoms with Crippen LogP contribution in [0.2, 0.25) is 0 Å². The van der Waals surface area contributed by atoms with E-state index in [0.29, 0.717) is 5.92 Å². The van der Waals surface area contributed by atoms with Crippen LogP contribution in [0.4, 0.5) is 0 Å². The van der Waals surface area contributed by atoms with E-state index in [4.69, 9.17) is 4.74 Å². The highest BCUT2D eigenvalue weighted by atomic mass is 16.5. The van der Waals surface area contributed by atoms with E-state index < -0.39 is 0 Å². The first-order chi connectivity index (χ1) is 10.2. The fraction of sp³-hybridized carbons (Fsp3) is 0.368. The van der Waals surface area contributed by atoms with Gasteiger partial charge in [-0.2, -0.15) is 0 Å². The lowest BCUT2D eigenvalue weighted by Gasteiger charge is -2.19. The lowest BCUT2D eigenvalue weighted by atomic mass is 9.87. The van der Waals surface area contributed by atoms with E-state index in [9.17, 15) is 0 Å². The Hall–Kier alpha value is -1.80. The Morgan fingerprint density at radius 1 is 0.952 bits per heavy atom. The van der Waals surface area contributed by atoms with Crippen molar-refractivity contribution in [3.05, 3.63) is 64.7 Å². The molecule has 0 aromatic heterocycles. The van der Waals surface area contributed by atoms with Gasteiger partial charge < -0.3 is 10.1 Å². The molecular weight excluding hydrogens is 258 g/mol. The molecule has 2 rings (SSSR count). The fourth-order valence-corrected chi connectivity index (χ4v) is 2.63. The maximum Gasteiger partial charge on any atom is 0.118 e. The van der Waals surface area contributed by atoms with E-state index in [1.807, 2.05) is 19.2 Å². The lowest BCUT2D eigenvalue weighted by Crippen LogP contribution is -2.13. The van der Waals surface area contributed by atoms with Gasteiger partial charge in [-0.3, -0.25) is 0 Å². The minimum absolute atomic E-state index is 0.419. The van der Waals surface area contributed by atoms with E-state index in [1.54, 1.807) is 7.11 Å². The smallest absolute Gasteiger partial charge is 0.118 e. The van der Waals surface area contributed by atoms with Gasteiger partial charge in [0.1, 0.15) is 5.75 Å². The first-order valence-electron chi connectivity index (χ1n) is 7.51.